The summed E-state index contributed by atoms with van der Waals surface area (Å²) in [7, 11) is 2.14. The number of nitrogens with zero attached hydrogens (tertiary/aromatic N) is 2. The summed E-state index contributed by atoms with van der Waals surface area (Å²) in [6.45, 7) is 3.21. The number of likely N-dealkylation sites (tertiary alicyclic amines) is 1. The van der Waals surface area contributed by atoms with Crippen molar-refractivity contribution >= 4 is 5.91 Å². The van der Waals surface area contributed by atoms with Crippen LogP contribution in [0.5, 0.6) is 0 Å². The smallest absolute Gasteiger partial charge is 0.243 e. The molecule has 1 aliphatic carbocycles. The fraction of sp³-hybridized carbons (Fsp3) is 0.480. The zero-order valence-electron chi connectivity index (χ0n) is 17.5. The van der Waals surface area contributed by atoms with E-state index >= 15 is 0 Å². The maximum absolute atomic E-state index is 13.9. The summed E-state index contributed by atoms with van der Waals surface area (Å²) >= 11 is 0. The predicted molar refractivity (Wildman–Crippen MR) is 118 cm³/mol. The highest BCUT2D eigenvalue weighted by Crippen LogP contribution is 2.36. The fourth-order valence-corrected chi connectivity index (χ4v) is 5.07. The molecule has 0 bridgehead atoms. The molecule has 0 spiro atoms. The highest BCUT2D eigenvalue weighted by molar-refractivity contribution is 5.88. The van der Waals surface area contributed by atoms with Gasteiger partial charge in [-0.05, 0) is 55.5 Å². The zero-order valence-corrected chi connectivity index (χ0v) is 17.5. The fourth-order valence-electron chi connectivity index (χ4n) is 5.07. The van der Waals surface area contributed by atoms with Crippen LogP contribution in [0, 0.1) is 5.92 Å². The Balaban J connectivity index is 1.57. The van der Waals surface area contributed by atoms with Crippen LogP contribution in [0.25, 0.3) is 0 Å². The number of hydrogen-bond acceptors (Lipinski definition) is 3. The van der Waals surface area contributed by atoms with Crippen molar-refractivity contribution < 1.29 is 4.79 Å². The lowest BCUT2D eigenvalue weighted by molar-refractivity contribution is -0.145. The maximum atomic E-state index is 13.9. The minimum Gasteiger partial charge on any atom is -0.341 e. The molecule has 154 valence electrons. The molecule has 0 unspecified atom stereocenters. The number of carbonyl (C=O) groups is 1. The number of hydrogen-bond donors (Lipinski definition) is 1. The normalized spacial score (nSPS) is 20.7. The molecule has 1 heterocycles. The predicted octanol–water partition coefficient (Wildman–Crippen LogP) is 2.90. The van der Waals surface area contributed by atoms with Crippen molar-refractivity contribution in [3.63, 3.8) is 0 Å². The third-order valence-electron chi connectivity index (χ3n) is 6.93. The minimum atomic E-state index is -0.477. The molecule has 2 aliphatic rings. The minimum absolute atomic E-state index is 0.294. The summed E-state index contributed by atoms with van der Waals surface area (Å²) in [5.41, 5.74) is 9.42. The van der Waals surface area contributed by atoms with Gasteiger partial charge in [-0.25, -0.2) is 0 Å². The van der Waals surface area contributed by atoms with E-state index in [0.29, 0.717) is 18.4 Å². The first-order chi connectivity index (χ1) is 14.1. The Labute approximate surface area is 174 Å². The van der Waals surface area contributed by atoms with E-state index in [1.807, 2.05) is 0 Å². The van der Waals surface area contributed by atoms with E-state index in [2.05, 4.69) is 71.4 Å². The molecular formula is C25H33N3O. The Hall–Kier alpha value is -2.17. The molecule has 4 rings (SSSR count). The van der Waals surface area contributed by atoms with E-state index in [0.717, 1.165) is 51.7 Å². The van der Waals surface area contributed by atoms with Crippen LogP contribution in [-0.2, 0) is 24.1 Å². The van der Waals surface area contributed by atoms with E-state index in [1.54, 1.807) is 0 Å². The lowest BCUT2D eigenvalue weighted by Crippen LogP contribution is -2.61. The molecule has 2 N–H and O–H groups in total. The molecule has 0 radical (unpaired) electrons. The van der Waals surface area contributed by atoms with E-state index < -0.39 is 5.54 Å². The molecule has 2 aromatic carbocycles. The van der Waals surface area contributed by atoms with Crippen molar-refractivity contribution in [3.8, 4) is 0 Å². The van der Waals surface area contributed by atoms with E-state index in [1.165, 1.54) is 16.7 Å². The Bertz CT molecular complexity index is 810. The van der Waals surface area contributed by atoms with Gasteiger partial charge in [0.25, 0.3) is 0 Å². The van der Waals surface area contributed by atoms with Crippen LogP contribution in [0.4, 0.5) is 0 Å². The van der Waals surface area contributed by atoms with Crippen molar-refractivity contribution in [1.29, 1.82) is 0 Å². The van der Waals surface area contributed by atoms with Gasteiger partial charge < -0.3 is 10.6 Å². The van der Waals surface area contributed by atoms with Gasteiger partial charge in [-0.3, -0.25) is 9.69 Å². The van der Waals surface area contributed by atoms with Gasteiger partial charge in [-0.1, -0.05) is 54.6 Å². The lowest BCUT2D eigenvalue weighted by Gasteiger charge is -2.43. The van der Waals surface area contributed by atoms with Crippen molar-refractivity contribution in [1.82, 2.24) is 9.80 Å². The largest absolute Gasteiger partial charge is 0.341 e. The van der Waals surface area contributed by atoms with Crippen LogP contribution in [0.2, 0.25) is 0 Å². The molecule has 2 aromatic rings. The van der Waals surface area contributed by atoms with Crippen LogP contribution < -0.4 is 5.73 Å². The van der Waals surface area contributed by atoms with Crippen molar-refractivity contribution in [2.75, 3.05) is 33.2 Å². The van der Waals surface area contributed by atoms with Gasteiger partial charge in [0.05, 0.1) is 0 Å². The van der Waals surface area contributed by atoms with Gasteiger partial charge in [0.1, 0.15) is 5.54 Å². The first kappa shape index (κ1) is 20.1. The Kier molecular flexibility index (Phi) is 6.02. The zero-order chi connectivity index (χ0) is 20.3. The summed E-state index contributed by atoms with van der Waals surface area (Å²) in [6.07, 6.45) is 4.75. The maximum Gasteiger partial charge on any atom is 0.243 e. The summed E-state index contributed by atoms with van der Waals surface area (Å²) in [6, 6.07) is 19.1. The Morgan fingerprint density at radius 1 is 1.10 bits per heavy atom. The third kappa shape index (κ3) is 4.10. The number of piperidine rings is 1. The van der Waals surface area contributed by atoms with Crippen molar-refractivity contribution in [3.05, 3.63) is 71.3 Å². The summed E-state index contributed by atoms with van der Waals surface area (Å²) in [4.78, 5) is 18.4. The van der Waals surface area contributed by atoms with E-state index in [4.69, 9.17) is 5.73 Å². The van der Waals surface area contributed by atoms with E-state index in [-0.39, 0.29) is 0 Å². The average Bonchev–Trinajstić information content (AvgIpc) is 3.18. The van der Waals surface area contributed by atoms with Crippen LogP contribution in [0.15, 0.2) is 54.6 Å². The number of likely N-dealkylation sites (N-methyl/N-ethyl adjacent to an activating group) is 1. The topological polar surface area (TPSA) is 49.6 Å². The molecule has 29 heavy (non-hydrogen) atoms. The highest BCUT2D eigenvalue weighted by Gasteiger charge is 2.49. The second-order valence-electron chi connectivity index (χ2n) is 8.81. The van der Waals surface area contributed by atoms with Crippen LogP contribution in [0.3, 0.4) is 0 Å². The summed E-state index contributed by atoms with van der Waals surface area (Å²) in [5, 5.41) is 0. The second-order valence-corrected chi connectivity index (χ2v) is 8.81. The molecule has 1 atom stereocenters. The molecule has 0 aromatic heterocycles. The van der Waals surface area contributed by atoms with Gasteiger partial charge in [0.15, 0.2) is 0 Å². The summed E-state index contributed by atoms with van der Waals surface area (Å²) < 4.78 is 0. The van der Waals surface area contributed by atoms with Crippen LogP contribution in [-0.4, -0.2) is 54.5 Å². The van der Waals surface area contributed by atoms with Gasteiger partial charge in [0, 0.05) is 32.5 Å². The SMILES string of the molecule is CN(CCc1ccccc1)C1(C(=O)N2CCC[C@H](CN)C2)Cc2ccccc2C1. The highest BCUT2D eigenvalue weighted by atomic mass is 16.2. The second kappa shape index (κ2) is 8.68. The first-order valence-electron chi connectivity index (χ1n) is 10.9. The van der Waals surface area contributed by atoms with Crippen molar-refractivity contribution in [2.24, 2.45) is 11.7 Å². The Morgan fingerprint density at radius 2 is 1.76 bits per heavy atom. The number of rotatable bonds is 6. The standard InChI is InChI=1S/C25H33N3O/c1-27(15-13-20-8-3-2-4-9-20)25(16-22-11-5-6-12-23(22)17-25)24(29)28-14-7-10-21(18-26)19-28/h2-6,8-9,11-12,21H,7,10,13-19,26H2,1H3/t21-/m1/s1. The van der Waals surface area contributed by atoms with Gasteiger partial charge >= 0.3 is 0 Å². The molecule has 4 nitrogen and oxygen atoms in total. The number of amides is 1. The van der Waals surface area contributed by atoms with E-state index in [9.17, 15) is 4.79 Å². The first-order valence-corrected chi connectivity index (χ1v) is 10.9. The number of carbonyl (C=O) groups excluding carboxylic acids is 1. The lowest BCUT2D eigenvalue weighted by atomic mass is 9.89. The molecule has 1 amide bonds. The average molecular weight is 392 g/mol. The molecule has 1 aliphatic heterocycles. The van der Waals surface area contributed by atoms with Gasteiger partial charge in [0.2, 0.25) is 5.91 Å². The Morgan fingerprint density at radius 3 is 2.41 bits per heavy atom. The number of nitrogens with two attached hydrogens (primary N) is 1. The number of fused-ring (bicyclic) bond motifs is 1. The molecule has 0 saturated carbocycles. The molecule has 4 heteroatoms. The van der Waals surface area contributed by atoms with Crippen LogP contribution >= 0.6 is 0 Å². The quantitative estimate of drug-likeness (QED) is 0.824. The van der Waals surface area contributed by atoms with Crippen molar-refractivity contribution in [2.45, 2.75) is 37.6 Å². The molecule has 1 fully saturated rings. The van der Waals surface area contributed by atoms with Gasteiger partial charge in [-0.2, -0.15) is 0 Å². The summed E-state index contributed by atoms with van der Waals surface area (Å²) in [5.74, 6) is 0.727. The van der Waals surface area contributed by atoms with Crippen LogP contribution in [0.1, 0.15) is 29.5 Å². The molecule has 1 saturated heterocycles. The van der Waals surface area contributed by atoms with Gasteiger partial charge in [-0.15, -0.1) is 0 Å². The molecular weight excluding hydrogens is 358 g/mol. The third-order valence-corrected chi connectivity index (χ3v) is 6.93. The number of benzene rings is 2. The monoisotopic (exact) mass is 391 g/mol.